The summed E-state index contributed by atoms with van der Waals surface area (Å²) >= 11 is 0. The van der Waals surface area contributed by atoms with Crippen LogP contribution in [0.15, 0.2) is 40.8 Å². The third-order valence-electron chi connectivity index (χ3n) is 2.73. The first-order chi connectivity index (χ1) is 8.63. The van der Waals surface area contributed by atoms with Crippen molar-refractivity contribution in [3.63, 3.8) is 0 Å². The number of methoxy groups -OCH3 is 1. The van der Waals surface area contributed by atoms with Gasteiger partial charge in [-0.15, -0.1) is 0 Å². The van der Waals surface area contributed by atoms with Crippen LogP contribution in [0.4, 0.5) is 0 Å². The van der Waals surface area contributed by atoms with Crippen LogP contribution < -0.4 is 0 Å². The van der Waals surface area contributed by atoms with Crippen molar-refractivity contribution in [2.24, 2.45) is 0 Å². The van der Waals surface area contributed by atoms with Crippen LogP contribution in [-0.4, -0.2) is 18.2 Å². The molecule has 0 radical (unpaired) electrons. The van der Waals surface area contributed by atoms with Gasteiger partial charge in [-0.2, -0.15) is 0 Å². The van der Waals surface area contributed by atoms with E-state index in [0.29, 0.717) is 22.6 Å². The summed E-state index contributed by atoms with van der Waals surface area (Å²) in [6.45, 7) is 1.66. The molecular weight excluding hydrogens is 232 g/mol. The number of hydrogen-bond donors (Lipinski definition) is 1. The molecule has 18 heavy (non-hydrogen) atoms. The summed E-state index contributed by atoms with van der Waals surface area (Å²) in [6.07, 6.45) is -0.886. The predicted octanol–water partition coefficient (Wildman–Crippen LogP) is 2.46. The second kappa shape index (κ2) is 5.06. The van der Waals surface area contributed by atoms with Crippen molar-refractivity contribution in [2.75, 3.05) is 7.11 Å². The van der Waals surface area contributed by atoms with Gasteiger partial charge >= 0.3 is 5.97 Å². The molecule has 4 nitrogen and oxygen atoms in total. The highest BCUT2D eigenvalue weighted by Gasteiger charge is 2.20. The molecule has 0 aliphatic heterocycles. The number of rotatable bonds is 3. The van der Waals surface area contributed by atoms with E-state index in [-0.39, 0.29) is 0 Å². The highest BCUT2D eigenvalue weighted by Crippen LogP contribution is 2.26. The minimum absolute atomic E-state index is 0.333. The summed E-state index contributed by atoms with van der Waals surface area (Å²) < 4.78 is 10.0. The fourth-order valence-corrected chi connectivity index (χ4v) is 1.75. The van der Waals surface area contributed by atoms with Gasteiger partial charge < -0.3 is 14.3 Å². The third kappa shape index (κ3) is 2.28. The van der Waals surface area contributed by atoms with Gasteiger partial charge in [0.15, 0.2) is 0 Å². The second-order valence-corrected chi connectivity index (χ2v) is 3.92. The van der Waals surface area contributed by atoms with Crippen molar-refractivity contribution in [1.29, 1.82) is 0 Å². The predicted molar refractivity (Wildman–Crippen MR) is 65.3 cm³/mol. The highest BCUT2D eigenvalue weighted by molar-refractivity contribution is 5.90. The van der Waals surface area contributed by atoms with Crippen molar-refractivity contribution >= 4 is 5.97 Å². The van der Waals surface area contributed by atoms with Crippen molar-refractivity contribution < 1.29 is 19.1 Å². The number of ether oxygens (including phenoxy) is 1. The Morgan fingerprint density at radius 1 is 1.33 bits per heavy atom. The number of hydrogen-bond acceptors (Lipinski definition) is 4. The van der Waals surface area contributed by atoms with Gasteiger partial charge in [0.2, 0.25) is 0 Å². The Bertz CT molecular complexity index is 542. The van der Waals surface area contributed by atoms with Crippen LogP contribution >= 0.6 is 0 Å². The van der Waals surface area contributed by atoms with Gasteiger partial charge in [-0.3, -0.25) is 0 Å². The molecule has 0 aliphatic rings. The molecule has 0 fully saturated rings. The topological polar surface area (TPSA) is 59.7 Å². The van der Waals surface area contributed by atoms with E-state index in [1.807, 2.05) is 18.2 Å². The molecule has 0 amide bonds. The van der Waals surface area contributed by atoms with E-state index in [2.05, 4.69) is 4.74 Å². The van der Waals surface area contributed by atoms with Crippen LogP contribution in [0.25, 0.3) is 0 Å². The van der Waals surface area contributed by atoms with E-state index in [1.54, 1.807) is 19.1 Å². The normalized spacial score (nSPS) is 12.2. The summed E-state index contributed by atoms with van der Waals surface area (Å²) in [5, 5.41) is 10.1. The van der Waals surface area contributed by atoms with Gasteiger partial charge in [-0.05, 0) is 18.6 Å². The Morgan fingerprint density at radius 3 is 2.61 bits per heavy atom. The van der Waals surface area contributed by atoms with Crippen LogP contribution in [-0.2, 0) is 4.74 Å². The average molecular weight is 246 g/mol. The number of benzene rings is 1. The van der Waals surface area contributed by atoms with E-state index >= 15 is 0 Å². The molecule has 1 N–H and O–H groups in total. The van der Waals surface area contributed by atoms with Gasteiger partial charge in [-0.25, -0.2) is 4.79 Å². The fraction of sp³-hybridized carbons (Fsp3) is 0.214. The first-order valence-electron chi connectivity index (χ1n) is 5.55. The molecule has 1 unspecified atom stereocenters. The lowest BCUT2D eigenvalue weighted by molar-refractivity contribution is 0.0599. The zero-order valence-electron chi connectivity index (χ0n) is 10.2. The molecule has 1 atom stereocenters. The molecule has 2 rings (SSSR count). The number of esters is 1. The molecule has 0 spiro atoms. The molecule has 1 heterocycles. The molecule has 2 aromatic rings. The van der Waals surface area contributed by atoms with Crippen LogP contribution in [0, 0.1) is 6.92 Å². The summed E-state index contributed by atoms with van der Waals surface area (Å²) in [6, 6.07) is 10.6. The van der Waals surface area contributed by atoms with Crippen LogP contribution in [0.3, 0.4) is 0 Å². The summed E-state index contributed by atoms with van der Waals surface area (Å²) in [5.74, 6) is 0.300. The standard InChI is InChI=1S/C14H14O4/c1-9-11(14(16)17-2)8-12(18-9)13(15)10-6-4-3-5-7-10/h3-8,13,15H,1-2H3. The largest absolute Gasteiger partial charge is 0.465 e. The molecule has 0 saturated heterocycles. The van der Waals surface area contributed by atoms with E-state index in [9.17, 15) is 9.90 Å². The zero-order chi connectivity index (χ0) is 13.1. The minimum atomic E-state index is -0.886. The maximum absolute atomic E-state index is 11.4. The number of aliphatic hydroxyl groups is 1. The lowest BCUT2D eigenvalue weighted by Gasteiger charge is -2.06. The van der Waals surface area contributed by atoms with Crippen molar-refractivity contribution in [1.82, 2.24) is 0 Å². The van der Waals surface area contributed by atoms with E-state index < -0.39 is 12.1 Å². The van der Waals surface area contributed by atoms with Gasteiger partial charge in [0, 0.05) is 0 Å². The van der Waals surface area contributed by atoms with E-state index in [0.717, 1.165) is 0 Å². The number of furan rings is 1. The molecule has 0 saturated carbocycles. The average Bonchev–Trinajstić information content (AvgIpc) is 2.80. The quantitative estimate of drug-likeness (QED) is 0.845. The number of carbonyl (C=O) groups is 1. The lowest BCUT2D eigenvalue weighted by Crippen LogP contribution is -2.01. The molecule has 1 aromatic carbocycles. The Labute approximate surface area is 105 Å². The first-order valence-corrected chi connectivity index (χ1v) is 5.55. The van der Waals surface area contributed by atoms with Crippen LogP contribution in [0.1, 0.15) is 33.5 Å². The summed E-state index contributed by atoms with van der Waals surface area (Å²) in [7, 11) is 1.31. The molecule has 4 heteroatoms. The lowest BCUT2D eigenvalue weighted by atomic mass is 10.1. The molecule has 94 valence electrons. The molecular formula is C14H14O4. The second-order valence-electron chi connectivity index (χ2n) is 3.92. The fourth-order valence-electron chi connectivity index (χ4n) is 1.75. The summed E-state index contributed by atoms with van der Waals surface area (Å²) in [4.78, 5) is 11.4. The van der Waals surface area contributed by atoms with Crippen LogP contribution in [0.5, 0.6) is 0 Å². The Balaban J connectivity index is 2.32. The monoisotopic (exact) mass is 246 g/mol. The maximum atomic E-state index is 11.4. The maximum Gasteiger partial charge on any atom is 0.341 e. The van der Waals surface area contributed by atoms with Gasteiger partial charge in [0.1, 0.15) is 23.2 Å². The van der Waals surface area contributed by atoms with Crippen LogP contribution in [0.2, 0.25) is 0 Å². The Hall–Kier alpha value is -2.07. The Morgan fingerprint density at radius 2 is 2.00 bits per heavy atom. The van der Waals surface area contributed by atoms with Gasteiger partial charge in [-0.1, -0.05) is 30.3 Å². The number of aliphatic hydroxyl groups excluding tert-OH is 1. The zero-order valence-corrected chi connectivity index (χ0v) is 10.2. The van der Waals surface area contributed by atoms with Crippen molar-refractivity contribution in [3.05, 3.63) is 59.0 Å². The SMILES string of the molecule is COC(=O)c1cc(C(O)c2ccccc2)oc1C. The Kier molecular flexibility index (Phi) is 3.48. The van der Waals surface area contributed by atoms with Crippen molar-refractivity contribution in [2.45, 2.75) is 13.0 Å². The van der Waals surface area contributed by atoms with Gasteiger partial charge in [0.25, 0.3) is 0 Å². The number of aryl methyl sites for hydroxylation is 1. The molecule has 1 aromatic heterocycles. The highest BCUT2D eigenvalue weighted by atomic mass is 16.5. The van der Waals surface area contributed by atoms with Crippen molar-refractivity contribution in [3.8, 4) is 0 Å². The smallest absolute Gasteiger partial charge is 0.341 e. The number of carbonyl (C=O) groups excluding carboxylic acids is 1. The minimum Gasteiger partial charge on any atom is -0.465 e. The van der Waals surface area contributed by atoms with Gasteiger partial charge in [0.05, 0.1) is 7.11 Å². The molecule has 0 bridgehead atoms. The van der Waals surface area contributed by atoms with E-state index in [1.165, 1.54) is 13.2 Å². The first kappa shape index (κ1) is 12.4. The molecule has 0 aliphatic carbocycles. The third-order valence-corrected chi connectivity index (χ3v) is 2.73. The van der Waals surface area contributed by atoms with E-state index in [4.69, 9.17) is 4.42 Å². The summed E-state index contributed by atoms with van der Waals surface area (Å²) in [5.41, 5.74) is 1.05.